The molecule has 88 valence electrons. The van der Waals surface area contributed by atoms with Gasteiger partial charge in [0, 0.05) is 6.54 Å². The molecule has 1 rings (SSSR count). The Labute approximate surface area is 95.3 Å². The minimum absolute atomic E-state index is 0.421. The first-order chi connectivity index (χ1) is 7.02. The topological polar surface area (TPSA) is 12.0 Å². The third kappa shape index (κ3) is 4.38. The van der Waals surface area contributed by atoms with Gasteiger partial charge in [0.25, 0.3) is 0 Å². The average molecular weight is 209 g/mol. The van der Waals surface area contributed by atoms with Crippen LogP contribution in [-0.2, 0) is 0 Å². The summed E-state index contributed by atoms with van der Waals surface area (Å²) in [5.74, 6) is 1.62. The lowest BCUT2D eigenvalue weighted by atomic mass is 9.81. The maximum absolute atomic E-state index is 3.64. The Kier molecular flexibility index (Phi) is 4.85. The van der Waals surface area contributed by atoms with Crippen molar-refractivity contribution in [1.82, 2.24) is 5.32 Å². The van der Waals surface area contributed by atoms with Crippen LogP contribution >= 0.6 is 0 Å². The highest BCUT2D eigenvalue weighted by Crippen LogP contribution is 2.25. The van der Waals surface area contributed by atoms with Gasteiger partial charge in [-0.1, -0.05) is 39.8 Å². The predicted octanol–water partition coefficient (Wildman–Crippen LogP) is 3.61. The minimum Gasteiger partial charge on any atom is -0.316 e. The fourth-order valence-corrected chi connectivity index (χ4v) is 1.84. The van der Waals surface area contributed by atoms with Gasteiger partial charge in [0.05, 0.1) is 0 Å². The Bertz CT molecular complexity index is 203. The summed E-state index contributed by atoms with van der Waals surface area (Å²) in [6, 6.07) is 0. The molecule has 1 aliphatic rings. The van der Waals surface area contributed by atoms with Crippen molar-refractivity contribution in [2.45, 2.75) is 47.0 Å². The van der Waals surface area contributed by atoms with Crippen molar-refractivity contribution in [2.24, 2.45) is 17.3 Å². The van der Waals surface area contributed by atoms with E-state index in [2.05, 4.69) is 45.2 Å². The summed E-state index contributed by atoms with van der Waals surface area (Å²) in [5.41, 5.74) is 0.421. The lowest BCUT2D eigenvalue weighted by Crippen LogP contribution is -2.36. The molecule has 0 aliphatic heterocycles. The molecule has 0 saturated carbocycles. The van der Waals surface area contributed by atoms with E-state index in [0.717, 1.165) is 18.4 Å². The van der Waals surface area contributed by atoms with Crippen LogP contribution in [0.4, 0.5) is 0 Å². The minimum atomic E-state index is 0.421. The molecule has 0 spiro atoms. The number of hydrogen-bond acceptors (Lipinski definition) is 1. The molecule has 1 aliphatic carbocycles. The van der Waals surface area contributed by atoms with Crippen molar-refractivity contribution in [2.75, 3.05) is 13.1 Å². The quantitative estimate of drug-likeness (QED) is 0.682. The molecule has 0 saturated heterocycles. The molecule has 1 unspecified atom stereocenters. The normalized spacial score (nSPS) is 22.3. The fraction of sp³-hybridized carbons (Fsp3) is 0.857. The van der Waals surface area contributed by atoms with Gasteiger partial charge in [-0.05, 0) is 43.1 Å². The second-order valence-corrected chi connectivity index (χ2v) is 5.92. The summed E-state index contributed by atoms with van der Waals surface area (Å²) in [4.78, 5) is 0. The second-order valence-electron chi connectivity index (χ2n) is 5.92. The van der Waals surface area contributed by atoms with Gasteiger partial charge in [-0.2, -0.15) is 0 Å². The Morgan fingerprint density at radius 1 is 1.33 bits per heavy atom. The molecule has 0 amide bonds. The average Bonchev–Trinajstić information content (AvgIpc) is 2.19. The van der Waals surface area contributed by atoms with E-state index in [1.807, 2.05) is 0 Å². The predicted molar refractivity (Wildman–Crippen MR) is 68.0 cm³/mol. The Morgan fingerprint density at radius 2 is 2.07 bits per heavy atom. The highest BCUT2D eigenvalue weighted by molar-refractivity contribution is 4.90. The van der Waals surface area contributed by atoms with Gasteiger partial charge in [0.15, 0.2) is 0 Å². The van der Waals surface area contributed by atoms with Crippen LogP contribution in [-0.4, -0.2) is 13.1 Å². The van der Waals surface area contributed by atoms with E-state index < -0.39 is 0 Å². The van der Waals surface area contributed by atoms with Crippen molar-refractivity contribution in [1.29, 1.82) is 0 Å². The number of hydrogen-bond donors (Lipinski definition) is 1. The molecule has 0 aromatic rings. The van der Waals surface area contributed by atoms with Crippen LogP contribution in [0.3, 0.4) is 0 Å². The third-order valence-corrected chi connectivity index (χ3v) is 3.95. The zero-order valence-corrected chi connectivity index (χ0v) is 10.8. The maximum atomic E-state index is 3.64. The van der Waals surface area contributed by atoms with Crippen LogP contribution in [0.5, 0.6) is 0 Å². The van der Waals surface area contributed by atoms with Gasteiger partial charge in [0.1, 0.15) is 0 Å². The molecule has 0 radical (unpaired) electrons. The van der Waals surface area contributed by atoms with Gasteiger partial charge >= 0.3 is 0 Å². The summed E-state index contributed by atoms with van der Waals surface area (Å²) >= 11 is 0. The van der Waals surface area contributed by atoms with Crippen molar-refractivity contribution < 1.29 is 0 Å². The van der Waals surface area contributed by atoms with Crippen molar-refractivity contribution in [3.8, 4) is 0 Å². The van der Waals surface area contributed by atoms with Gasteiger partial charge in [0.2, 0.25) is 0 Å². The molecule has 1 atom stereocenters. The molecule has 0 bridgehead atoms. The molecule has 1 heteroatoms. The summed E-state index contributed by atoms with van der Waals surface area (Å²) in [6.07, 6.45) is 8.57. The highest BCUT2D eigenvalue weighted by atomic mass is 14.9. The molecule has 0 aromatic carbocycles. The first kappa shape index (κ1) is 12.8. The highest BCUT2D eigenvalue weighted by Gasteiger charge is 2.22. The molecule has 1 N–H and O–H groups in total. The Balaban J connectivity index is 2.18. The smallest absolute Gasteiger partial charge is 0.000508 e. The van der Waals surface area contributed by atoms with Crippen molar-refractivity contribution in [3.05, 3.63) is 12.2 Å². The largest absolute Gasteiger partial charge is 0.316 e. The zero-order chi connectivity index (χ0) is 11.3. The lowest BCUT2D eigenvalue weighted by molar-refractivity contribution is 0.232. The monoisotopic (exact) mass is 209 g/mol. The van der Waals surface area contributed by atoms with Crippen LogP contribution in [0, 0.1) is 17.3 Å². The summed E-state index contributed by atoms with van der Waals surface area (Å²) in [5, 5.41) is 3.64. The zero-order valence-electron chi connectivity index (χ0n) is 10.8. The van der Waals surface area contributed by atoms with Crippen molar-refractivity contribution >= 4 is 0 Å². The van der Waals surface area contributed by atoms with Crippen molar-refractivity contribution in [3.63, 3.8) is 0 Å². The van der Waals surface area contributed by atoms with Gasteiger partial charge in [-0.15, -0.1) is 0 Å². The van der Waals surface area contributed by atoms with Crippen LogP contribution < -0.4 is 5.32 Å². The van der Waals surface area contributed by atoms with E-state index in [1.165, 1.54) is 25.8 Å². The first-order valence-corrected chi connectivity index (χ1v) is 6.38. The molecule has 15 heavy (non-hydrogen) atoms. The fourth-order valence-electron chi connectivity index (χ4n) is 1.84. The Morgan fingerprint density at radius 3 is 2.60 bits per heavy atom. The van der Waals surface area contributed by atoms with E-state index >= 15 is 0 Å². The lowest BCUT2D eigenvalue weighted by Gasteiger charge is -2.30. The number of allylic oxidation sites excluding steroid dienone is 2. The van der Waals surface area contributed by atoms with Gasteiger partial charge in [-0.3, -0.25) is 0 Å². The third-order valence-electron chi connectivity index (χ3n) is 3.95. The SMILES string of the molecule is CC(C)C(C)(C)CNCC1CC=CCC1. The van der Waals surface area contributed by atoms with E-state index in [1.54, 1.807) is 0 Å². The Hall–Kier alpha value is -0.300. The first-order valence-electron chi connectivity index (χ1n) is 6.38. The molecule has 0 fully saturated rings. The van der Waals surface area contributed by atoms with Crippen LogP contribution in [0.1, 0.15) is 47.0 Å². The standard InChI is InChI=1S/C14H27N/c1-12(2)14(3,4)11-15-10-13-8-6-5-7-9-13/h5-6,12-13,15H,7-11H2,1-4H3. The molecular weight excluding hydrogens is 182 g/mol. The molecule has 0 heterocycles. The maximum Gasteiger partial charge on any atom is 0.000508 e. The molecular formula is C14H27N. The van der Waals surface area contributed by atoms with E-state index in [0.29, 0.717) is 5.41 Å². The van der Waals surface area contributed by atoms with Gasteiger partial charge < -0.3 is 5.32 Å². The van der Waals surface area contributed by atoms with E-state index in [9.17, 15) is 0 Å². The molecule has 0 aromatic heterocycles. The van der Waals surface area contributed by atoms with Crippen LogP contribution in [0.15, 0.2) is 12.2 Å². The summed E-state index contributed by atoms with van der Waals surface area (Å²) in [7, 11) is 0. The van der Waals surface area contributed by atoms with Crippen LogP contribution in [0.25, 0.3) is 0 Å². The van der Waals surface area contributed by atoms with E-state index in [4.69, 9.17) is 0 Å². The van der Waals surface area contributed by atoms with Crippen LogP contribution in [0.2, 0.25) is 0 Å². The summed E-state index contributed by atoms with van der Waals surface area (Å²) < 4.78 is 0. The summed E-state index contributed by atoms with van der Waals surface area (Å²) in [6.45, 7) is 11.7. The second kappa shape index (κ2) is 5.69. The van der Waals surface area contributed by atoms with E-state index in [-0.39, 0.29) is 0 Å². The van der Waals surface area contributed by atoms with Gasteiger partial charge in [-0.25, -0.2) is 0 Å². The number of nitrogens with one attached hydrogen (secondary N) is 1. The molecule has 1 nitrogen and oxygen atoms in total. The number of rotatable bonds is 5.